The fourth-order valence-electron chi connectivity index (χ4n) is 1.87. The lowest BCUT2D eigenvalue weighted by molar-refractivity contribution is 0.0275. The van der Waals surface area contributed by atoms with Gasteiger partial charge in [0.15, 0.2) is 5.75 Å². The van der Waals surface area contributed by atoms with Gasteiger partial charge in [-0.05, 0) is 32.4 Å². The van der Waals surface area contributed by atoms with Crippen molar-refractivity contribution in [2.75, 3.05) is 13.1 Å². The van der Waals surface area contributed by atoms with E-state index in [4.69, 9.17) is 21.1 Å². The molecule has 20 heavy (non-hydrogen) atoms. The van der Waals surface area contributed by atoms with E-state index in [0.29, 0.717) is 18.8 Å². The van der Waals surface area contributed by atoms with Gasteiger partial charge in [0.25, 0.3) is 0 Å². The van der Waals surface area contributed by atoms with E-state index in [9.17, 15) is 4.79 Å². The summed E-state index contributed by atoms with van der Waals surface area (Å²) in [7, 11) is 0. The van der Waals surface area contributed by atoms with Gasteiger partial charge in [-0.15, -0.1) is 0 Å². The number of rotatable bonds is 2. The maximum absolute atomic E-state index is 11.9. The second-order valence-electron chi connectivity index (χ2n) is 5.64. The number of ether oxygens (including phenoxy) is 2. The third kappa shape index (κ3) is 4.23. The normalized spacial score (nSPS) is 19.0. The predicted octanol–water partition coefficient (Wildman–Crippen LogP) is 2.52. The summed E-state index contributed by atoms with van der Waals surface area (Å²) in [5.41, 5.74) is -0.486. The number of carbonyl (C=O) groups is 1. The highest BCUT2D eigenvalue weighted by atomic mass is 35.5. The first kappa shape index (κ1) is 14.8. The van der Waals surface area contributed by atoms with Crippen LogP contribution in [0.15, 0.2) is 12.4 Å². The summed E-state index contributed by atoms with van der Waals surface area (Å²) in [5, 5.41) is 0.180. The van der Waals surface area contributed by atoms with Gasteiger partial charge in [-0.25, -0.2) is 14.8 Å². The largest absolute Gasteiger partial charge is 0.485 e. The number of carbonyl (C=O) groups excluding carboxylic acids is 1. The van der Waals surface area contributed by atoms with Crippen molar-refractivity contribution in [3.05, 3.63) is 17.7 Å². The van der Waals surface area contributed by atoms with Crippen LogP contribution in [0.3, 0.4) is 0 Å². The molecule has 110 valence electrons. The number of halogens is 1. The van der Waals surface area contributed by atoms with Crippen molar-refractivity contribution in [1.82, 2.24) is 14.9 Å². The van der Waals surface area contributed by atoms with Crippen molar-refractivity contribution in [3.63, 3.8) is 0 Å². The Morgan fingerprint density at radius 3 is 2.65 bits per heavy atom. The lowest BCUT2D eigenvalue weighted by Gasteiger charge is -2.24. The molecular weight excluding hydrogens is 282 g/mol. The van der Waals surface area contributed by atoms with Crippen LogP contribution in [-0.2, 0) is 4.74 Å². The highest BCUT2D eigenvalue weighted by Gasteiger charge is 2.30. The highest BCUT2D eigenvalue weighted by molar-refractivity contribution is 6.28. The lowest BCUT2D eigenvalue weighted by Crippen LogP contribution is -2.36. The monoisotopic (exact) mass is 299 g/mol. The molecule has 2 rings (SSSR count). The standard InChI is InChI=1S/C13H18ClN3O3/c1-13(2,3)20-12(18)17-5-4-9(8-17)19-10-6-15-11(14)16-7-10/h6-7,9H,4-5,8H2,1-3H3. The Morgan fingerprint density at radius 2 is 2.05 bits per heavy atom. The first-order valence-corrected chi connectivity index (χ1v) is 6.83. The van der Waals surface area contributed by atoms with E-state index in [0.717, 1.165) is 6.42 Å². The summed E-state index contributed by atoms with van der Waals surface area (Å²) < 4.78 is 11.0. The molecule has 1 unspecified atom stereocenters. The molecule has 0 saturated carbocycles. The molecule has 1 aliphatic heterocycles. The molecule has 1 aromatic rings. The van der Waals surface area contributed by atoms with E-state index in [1.54, 1.807) is 4.90 Å². The summed E-state index contributed by atoms with van der Waals surface area (Å²) in [5.74, 6) is 0.547. The molecule has 0 spiro atoms. The van der Waals surface area contributed by atoms with Gasteiger partial charge in [0.2, 0.25) is 5.28 Å². The number of likely N-dealkylation sites (tertiary alicyclic amines) is 1. The van der Waals surface area contributed by atoms with E-state index < -0.39 is 5.60 Å². The number of hydrogen-bond acceptors (Lipinski definition) is 5. The zero-order valence-electron chi connectivity index (χ0n) is 11.8. The molecule has 1 amide bonds. The molecule has 2 heterocycles. The Balaban J connectivity index is 1.86. The van der Waals surface area contributed by atoms with Gasteiger partial charge in [0.1, 0.15) is 11.7 Å². The van der Waals surface area contributed by atoms with Crippen molar-refractivity contribution in [2.45, 2.75) is 38.9 Å². The molecule has 1 atom stereocenters. The van der Waals surface area contributed by atoms with Crippen LogP contribution in [0.25, 0.3) is 0 Å². The molecule has 6 nitrogen and oxygen atoms in total. The van der Waals surface area contributed by atoms with Crippen LogP contribution in [0.4, 0.5) is 4.79 Å². The van der Waals surface area contributed by atoms with E-state index in [-0.39, 0.29) is 17.5 Å². The van der Waals surface area contributed by atoms with Crippen molar-refractivity contribution in [1.29, 1.82) is 0 Å². The predicted molar refractivity (Wildman–Crippen MR) is 73.9 cm³/mol. The summed E-state index contributed by atoms with van der Waals surface area (Å²) >= 11 is 5.61. The fraction of sp³-hybridized carbons (Fsp3) is 0.615. The van der Waals surface area contributed by atoms with Crippen LogP contribution < -0.4 is 4.74 Å². The van der Waals surface area contributed by atoms with Crippen molar-refractivity contribution >= 4 is 17.7 Å². The third-order valence-electron chi connectivity index (χ3n) is 2.70. The number of amides is 1. The quantitative estimate of drug-likeness (QED) is 0.785. The molecule has 0 bridgehead atoms. The second-order valence-corrected chi connectivity index (χ2v) is 5.98. The van der Waals surface area contributed by atoms with Crippen molar-refractivity contribution in [3.8, 4) is 5.75 Å². The fourth-order valence-corrected chi connectivity index (χ4v) is 1.97. The molecule has 7 heteroatoms. The first-order chi connectivity index (χ1) is 9.33. The van der Waals surface area contributed by atoms with Gasteiger partial charge in [-0.1, -0.05) is 0 Å². The molecule has 1 fully saturated rings. The summed E-state index contributed by atoms with van der Waals surface area (Å²) in [6.45, 7) is 6.66. The lowest BCUT2D eigenvalue weighted by atomic mass is 10.2. The van der Waals surface area contributed by atoms with Crippen LogP contribution in [0.5, 0.6) is 5.75 Å². The van der Waals surface area contributed by atoms with E-state index >= 15 is 0 Å². The molecule has 1 aromatic heterocycles. The molecular formula is C13H18ClN3O3. The van der Waals surface area contributed by atoms with Crippen molar-refractivity contribution in [2.24, 2.45) is 0 Å². The maximum atomic E-state index is 11.9. The SMILES string of the molecule is CC(C)(C)OC(=O)N1CCC(Oc2cnc(Cl)nc2)C1. The first-order valence-electron chi connectivity index (χ1n) is 6.45. The van der Waals surface area contributed by atoms with E-state index in [2.05, 4.69) is 9.97 Å². The molecule has 1 saturated heterocycles. The Hall–Kier alpha value is -1.56. The Labute approximate surface area is 123 Å². The molecule has 1 aliphatic rings. The van der Waals surface area contributed by atoms with Crippen LogP contribution >= 0.6 is 11.6 Å². The zero-order chi connectivity index (χ0) is 14.8. The van der Waals surface area contributed by atoms with Gasteiger partial charge in [-0.2, -0.15) is 0 Å². The molecule has 0 radical (unpaired) electrons. The Morgan fingerprint density at radius 1 is 1.40 bits per heavy atom. The van der Waals surface area contributed by atoms with E-state index in [1.165, 1.54) is 12.4 Å². The Kier molecular flexibility index (Phi) is 4.32. The van der Waals surface area contributed by atoms with E-state index in [1.807, 2.05) is 20.8 Å². The summed E-state index contributed by atoms with van der Waals surface area (Å²) in [4.78, 5) is 21.3. The van der Waals surface area contributed by atoms with Gasteiger partial charge in [0.05, 0.1) is 18.9 Å². The van der Waals surface area contributed by atoms with Crippen LogP contribution in [0, 0.1) is 0 Å². The molecule has 0 aliphatic carbocycles. The van der Waals surface area contributed by atoms with Gasteiger partial charge >= 0.3 is 6.09 Å². The number of hydrogen-bond donors (Lipinski definition) is 0. The van der Waals surface area contributed by atoms with Gasteiger partial charge < -0.3 is 14.4 Å². The minimum absolute atomic E-state index is 0.0766. The van der Waals surface area contributed by atoms with Gasteiger partial charge in [0, 0.05) is 13.0 Å². The summed E-state index contributed by atoms with van der Waals surface area (Å²) in [6.07, 6.45) is 3.40. The van der Waals surface area contributed by atoms with Gasteiger partial charge in [-0.3, -0.25) is 0 Å². The Bertz CT molecular complexity index is 473. The minimum atomic E-state index is -0.486. The average molecular weight is 300 g/mol. The van der Waals surface area contributed by atoms with Crippen LogP contribution in [0.1, 0.15) is 27.2 Å². The van der Waals surface area contributed by atoms with Crippen molar-refractivity contribution < 1.29 is 14.3 Å². The molecule has 0 aromatic carbocycles. The summed E-state index contributed by atoms with van der Waals surface area (Å²) in [6, 6.07) is 0. The third-order valence-corrected chi connectivity index (χ3v) is 2.89. The van der Waals surface area contributed by atoms with Crippen LogP contribution in [0.2, 0.25) is 5.28 Å². The number of aromatic nitrogens is 2. The minimum Gasteiger partial charge on any atom is -0.485 e. The van der Waals surface area contributed by atoms with Crippen LogP contribution in [-0.4, -0.2) is 45.8 Å². The second kappa shape index (κ2) is 5.83. The zero-order valence-corrected chi connectivity index (χ0v) is 12.6. The molecule has 0 N–H and O–H groups in total. The topological polar surface area (TPSA) is 64.5 Å². The number of nitrogens with zero attached hydrogens (tertiary/aromatic N) is 3. The smallest absolute Gasteiger partial charge is 0.410 e. The average Bonchev–Trinajstić information content (AvgIpc) is 2.79. The highest BCUT2D eigenvalue weighted by Crippen LogP contribution is 2.19. The maximum Gasteiger partial charge on any atom is 0.410 e.